The maximum Gasteiger partial charge on any atom is 0.337 e. The van der Waals surface area contributed by atoms with Gasteiger partial charge in [0.25, 0.3) is 0 Å². The van der Waals surface area contributed by atoms with Crippen LogP contribution in [0.1, 0.15) is 17.3 Å². The van der Waals surface area contributed by atoms with E-state index in [0.29, 0.717) is 12.2 Å². The molecule has 98 valence electrons. The van der Waals surface area contributed by atoms with Crippen LogP contribution in [0.25, 0.3) is 0 Å². The highest BCUT2D eigenvalue weighted by Gasteiger charge is 2.09. The average molecular weight is 302 g/mol. The van der Waals surface area contributed by atoms with E-state index in [2.05, 4.69) is 5.32 Å². The number of hydrogen-bond donors (Lipinski definition) is 3. The predicted molar refractivity (Wildman–Crippen MR) is 75.0 cm³/mol. The summed E-state index contributed by atoms with van der Waals surface area (Å²) in [7, 11) is 0. The van der Waals surface area contributed by atoms with Crippen molar-refractivity contribution in [1.29, 1.82) is 0 Å². The maximum atomic E-state index is 10.8. The summed E-state index contributed by atoms with van der Waals surface area (Å²) in [4.78, 5) is 10.8. The smallest absolute Gasteiger partial charge is 0.337 e. The van der Waals surface area contributed by atoms with Gasteiger partial charge < -0.3 is 16.2 Å². The van der Waals surface area contributed by atoms with E-state index >= 15 is 0 Å². The zero-order valence-electron chi connectivity index (χ0n) is 9.14. The minimum Gasteiger partial charge on any atom is -0.478 e. The van der Waals surface area contributed by atoms with Crippen molar-refractivity contribution in [2.24, 2.45) is 5.73 Å². The summed E-state index contributed by atoms with van der Waals surface area (Å²) in [6, 6.07) is 4.77. The third-order valence-electron chi connectivity index (χ3n) is 1.82. The maximum absolute atomic E-state index is 10.8. The minimum atomic E-state index is -1.04. The number of carboxylic acids is 1. The summed E-state index contributed by atoms with van der Waals surface area (Å²) in [5.74, 6) is -1.04. The number of hydrogen-bond acceptors (Lipinski definition) is 3. The average Bonchev–Trinajstić information content (AvgIpc) is 2.16. The molecule has 0 spiro atoms. The summed E-state index contributed by atoms with van der Waals surface area (Å²) in [6.45, 7) is 2.45. The quantitative estimate of drug-likeness (QED) is 0.799. The van der Waals surface area contributed by atoms with Crippen molar-refractivity contribution in [1.82, 2.24) is 0 Å². The number of nitrogens with one attached hydrogen (secondary N) is 1. The van der Waals surface area contributed by atoms with Gasteiger partial charge in [0.05, 0.1) is 10.6 Å². The SMILES string of the molecule is CC(N)CNc1ccc(Cl)c(C(=O)O)c1.Cl.Cl. The molecule has 1 atom stereocenters. The Hall–Kier alpha value is -0.680. The molecular weight excluding hydrogens is 286 g/mol. The fourth-order valence-corrected chi connectivity index (χ4v) is 1.28. The van der Waals surface area contributed by atoms with Gasteiger partial charge in [-0.1, -0.05) is 11.6 Å². The van der Waals surface area contributed by atoms with Gasteiger partial charge in [0, 0.05) is 18.3 Å². The largest absolute Gasteiger partial charge is 0.478 e. The first kappa shape index (κ1) is 18.7. The van der Waals surface area contributed by atoms with Crippen molar-refractivity contribution in [3.8, 4) is 0 Å². The molecule has 0 aliphatic rings. The molecule has 0 fully saturated rings. The number of carboxylic acid groups (broad SMARTS) is 1. The van der Waals surface area contributed by atoms with Crippen LogP contribution in [0, 0.1) is 0 Å². The fraction of sp³-hybridized carbons (Fsp3) is 0.300. The van der Waals surface area contributed by atoms with E-state index in [0.717, 1.165) is 0 Å². The Labute approximate surface area is 117 Å². The third-order valence-corrected chi connectivity index (χ3v) is 2.15. The first-order chi connectivity index (χ1) is 7.00. The summed E-state index contributed by atoms with van der Waals surface area (Å²) >= 11 is 5.72. The highest BCUT2D eigenvalue weighted by atomic mass is 35.5. The summed E-state index contributed by atoms with van der Waals surface area (Å²) in [6.07, 6.45) is 0. The van der Waals surface area contributed by atoms with E-state index in [4.69, 9.17) is 22.4 Å². The first-order valence-corrected chi connectivity index (χ1v) is 4.91. The molecular formula is C10H15Cl3N2O2. The fourth-order valence-electron chi connectivity index (χ4n) is 1.08. The Morgan fingerprint density at radius 3 is 2.59 bits per heavy atom. The second-order valence-corrected chi connectivity index (χ2v) is 3.77. The third kappa shape index (κ3) is 5.98. The van der Waals surface area contributed by atoms with Gasteiger partial charge in [0.2, 0.25) is 0 Å². The van der Waals surface area contributed by atoms with Gasteiger partial charge in [-0.15, -0.1) is 24.8 Å². The molecule has 1 aromatic carbocycles. The highest BCUT2D eigenvalue weighted by molar-refractivity contribution is 6.33. The Morgan fingerprint density at radius 2 is 2.12 bits per heavy atom. The molecule has 0 aliphatic heterocycles. The lowest BCUT2D eigenvalue weighted by molar-refractivity contribution is 0.0697. The molecule has 1 rings (SSSR count). The Kier molecular flexibility index (Phi) is 9.25. The minimum absolute atomic E-state index is 0. The zero-order chi connectivity index (χ0) is 11.4. The van der Waals surface area contributed by atoms with Crippen LogP contribution in [0.5, 0.6) is 0 Å². The van der Waals surface area contributed by atoms with E-state index in [-0.39, 0.29) is 41.4 Å². The highest BCUT2D eigenvalue weighted by Crippen LogP contribution is 2.20. The zero-order valence-corrected chi connectivity index (χ0v) is 11.5. The van der Waals surface area contributed by atoms with Crippen LogP contribution in [0.2, 0.25) is 5.02 Å². The Bertz CT molecular complexity index is 373. The van der Waals surface area contributed by atoms with E-state index in [1.165, 1.54) is 6.07 Å². The van der Waals surface area contributed by atoms with Crippen LogP contribution < -0.4 is 11.1 Å². The van der Waals surface area contributed by atoms with Crippen molar-refractivity contribution in [2.45, 2.75) is 13.0 Å². The molecule has 1 unspecified atom stereocenters. The number of nitrogens with two attached hydrogens (primary N) is 1. The second-order valence-electron chi connectivity index (χ2n) is 3.36. The van der Waals surface area contributed by atoms with Crippen molar-refractivity contribution in [3.63, 3.8) is 0 Å². The summed E-state index contributed by atoms with van der Waals surface area (Å²) in [5, 5.41) is 12.1. The molecule has 4 N–H and O–H groups in total. The lowest BCUT2D eigenvalue weighted by Gasteiger charge is -2.10. The molecule has 1 aromatic rings. The monoisotopic (exact) mass is 300 g/mol. The van der Waals surface area contributed by atoms with Crippen LogP contribution in [-0.4, -0.2) is 23.7 Å². The van der Waals surface area contributed by atoms with Gasteiger partial charge in [0.1, 0.15) is 0 Å². The van der Waals surface area contributed by atoms with Crippen LogP contribution >= 0.6 is 36.4 Å². The summed E-state index contributed by atoms with van der Waals surface area (Å²) in [5.41, 5.74) is 6.36. The predicted octanol–water partition coefficient (Wildman–Crippen LogP) is 2.64. The molecule has 0 radical (unpaired) electrons. The molecule has 0 bridgehead atoms. The number of rotatable bonds is 4. The molecule has 4 nitrogen and oxygen atoms in total. The van der Waals surface area contributed by atoms with Crippen LogP contribution in [0.4, 0.5) is 5.69 Å². The van der Waals surface area contributed by atoms with Crippen molar-refractivity contribution < 1.29 is 9.90 Å². The van der Waals surface area contributed by atoms with Gasteiger partial charge in [-0.05, 0) is 25.1 Å². The lowest BCUT2D eigenvalue weighted by Crippen LogP contribution is -2.25. The summed E-state index contributed by atoms with van der Waals surface area (Å²) < 4.78 is 0. The van der Waals surface area contributed by atoms with Crippen molar-refractivity contribution in [3.05, 3.63) is 28.8 Å². The molecule has 0 saturated heterocycles. The number of anilines is 1. The number of halogens is 3. The molecule has 0 aliphatic carbocycles. The van der Waals surface area contributed by atoms with Gasteiger partial charge in [-0.25, -0.2) is 4.79 Å². The number of carbonyl (C=O) groups is 1. The van der Waals surface area contributed by atoms with E-state index < -0.39 is 5.97 Å². The first-order valence-electron chi connectivity index (χ1n) is 4.53. The van der Waals surface area contributed by atoms with Gasteiger partial charge in [0.15, 0.2) is 0 Å². The van der Waals surface area contributed by atoms with Crippen molar-refractivity contribution in [2.75, 3.05) is 11.9 Å². The molecule has 0 amide bonds. The molecule has 7 heteroatoms. The molecule has 0 aromatic heterocycles. The van der Waals surface area contributed by atoms with E-state index in [9.17, 15) is 4.79 Å². The Morgan fingerprint density at radius 1 is 1.53 bits per heavy atom. The van der Waals surface area contributed by atoms with Crippen LogP contribution in [-0.2, 0) is 0 Å². The number of benzene rings is 1. The second kappa shape index (κ2) is 8.42. The van der Waals surface area contributed by atoms with Crippen molar-refractivity contribution >= 4 is 48.1 Å². The van der Waals surface area contributed by atoms with E-state index in [1.54, 1.807) is 12.1 Å². The van der Waals surface area contributed by atoms with Gasteiger partial charge >= 0.3 is 5.97 Å². The van der Waals surface area contributed by atoms with Crippen LogP contribution in [0.15, 0.2) is 18.2 Å². The molecule has 0 saturated carbocycles. The molecule has 17 heavy (non-hydrogen) atoms. The Balaban J connectivity index is 0. The number of aromatic carboxylic acids is 1. The molecule has 0 heterocycles. The van der Waals surface area contributed by atoms with Gasteiger partial charge in [-0.3, -0.25) is 0 Å². The normalized spacial score (nSPS) is 10.8. The van der Waals surface area contributed by atoms with E-state index in [1.807, 2.05) is 6.92 Å². The lowest BCUT2D eigenvalue weighted by atomic mass is 10.2. The topological polar surface area (TPSA) is 75.3 Å². The van der Waals surface area contributed by atoms with Crippen LogP contribution in [0.3, 0.4) is 0 Å². The van der Waals surface area contributed by atoms with Gasteiger partial charge in [-0.2, -0.15) is 0 Å². The standard InChI is InChI=1S/C10H13ClN2O2.2ClH/c1-6(12)5-13-7-2-3-9(11)8(4-7)10(14)15;;/h2-4,6,13H,5,12H2,1H3,(H,14,15);2*1H.